The minimum atomic E-state index is -0.250. The highest BCUT2D eigenvalue weighted by atomic mass is 127. The fraction of sp³-hybridized carbons (Fsp3) is 0.350. The molecule has 2 N–H and O–H groups in total. The zero-order valence-corrected chi connectivity index (χ0v) is 19.7. The van der Waals surface area contributed by atoms with Crippen LogP contribution in [0.5, 0.6) is 0 Å². The van der Waals surface area contributed by atoms with E-state index in [0.29, 0.717) is 0 Å². The Morgan fingerprint density at radius 3 is 2.52 bits per heavy atom. The van der Waals surface area contributed by atoms with Crippen molar-refractivity contribution in [3.8, 4) is 5.69 Å². The molecular weight excluding hydrogens is 502 g/mol. The minimum absolute atomic E-state index is 0. The van der Waals surface area contributed by atoms with Crippen molar-refractivity contribution in [1.29, 1.82) is 0 Å². The maximum atomic E-state index is 13.0. The van der Waals surface area contributed by atoms with E-state index in [1.54, 1.807) is 35.2 Å². The van der Waals surface area contributed by atoms with Crippen molar-refractivity contribution < 1.29 is 4.39 Å². The van der Waals surface area contributed by atoms with Crippen LogP contribution >= 0.6 is 35.3 Å². The summed E-state index contributed by atoms with van der Waals surface area (Å²) in [6.07, 6.45) is 6.52. The third-order valence-electron chi connectivity index (χ3n) is 4.21. The van der Waals surface area contributed by atoms with Crippen molar-refractivity contribution in [2.75, 3.05) is 20.1 Å². The zero-order valence-electron chi connectivity index (χ0n) is 16.6. The Morgan fingerprint density at radius 2 is 1.86 bits per heavy atom. The second-order valence-corrected chi connectivity index (χ2v) is 7.43. The molecule has 2 aromatic heterocycles. The molecule has 9 heteroatoms. The van der Waals surface area contributed by atoms with Crippen LogP contribution in [0.4, 0.5) is 4.39 Å². The Kier molecular flexibility index (Phi) is 9.52. The van der Waals surface area contributed by atoms with Crippen molar-refractivity contribution in [3.05, 3.63) is 64.1 Å². The largest absolute Gasteiger partial charge is 0.356 e. The second kappa shape index (κ2) is 11.9. The Morgan fingerprint density at radius 1 is 1.14 bits per heavy atom. The predicted molar refractivity (Wildman–Crippen MR) is 127 cm³/mol. The van der Waals surface area contributed by atoms with Crippen LogP contribution in [0.1, 0.15) is 22.5 Å². The summed E-state index contributed by atoms with van der Waals surface area (Å²) in [4.78, 5) is 10.00. The van der Waals surface area contributed by atoms with Gasteiger partial charge in [0.2, 0.25) is 0 Å². The highest BCUT2D eigenvalue weighted by molar-refractivity contribution is 14.0. The van der Waals surface area contributed by atoms with E-state index < -0.39 is 0 Å². The Bertz CT molecular complexity index is 906. The average molecular weight is 528 g/mol. The number of nitrogens with one attached hydrogen (secondary N) is 2. The first kappa shape index (κ1) is 23.3. The molecule has 0 spiro atoms. The number of thiazole rings is 1. The molecule has 0 bridgehead atoms. The van der Waals surface area contributed by atoms with E-state index >= 15 is 0 Å². The van der Waals surface area contributed by atoms with Gasteiger partial charge in [-0.1, -0.05) is 6.92 Å². The molecule has 156 valence electrons. The molecule has 0 unspecified atom stereocenters. The number of halogens is 2. The van der Waals surface area contributed by atoms with Crippen LogP contribution in [0, 0.1) is 5.82 Å². The van der Waals surface area contributed by atoms with Gasteiger partial charge in [-0.2, -0.15) is 5.10 Å². The summed E-state index contributed by atoms with van der Waals surface area (Å²) in [5.74, 6) is 0.519. The SMILES string of the molecule is CCc1cnc(CCNC(=NC)NCCc2ccn(-c3ccc(F)cc3)n2)s1.I. The summed E-state index contributed by atoms with van der Waals surface area (Å²) in [5, 5.41) is 12.3. The standard InChI is InChI=1S/C20H25FN6S.HI/c1-3-18-14-25-19(28-18)9-12-24-20(22-2)23-11-8-16-10-13-27(26-16)17-6-4-15(21)5-7-17;/h4-7,10,13-14H,3,8-9,11-12H2,1-2H3,(H2,22,23,24);1H. The van der Waals surface area contributed by atoms with E-state index in [1.807, 2.05) is 18.5 Å². The summed E-state index contributed by atoms with van der Waals surface area (Å²) in [7, 11) is 1.76. The topological polar surface area (TPSA) is 67.1 Å². The minimum Gasteiger partial charge on any atom is -0.356 e. The first-order valence-electron chi connectivity index (χ1n) is 9.36. The smallest absolute Gasteiger partial charge is 0.191 e. The number of rotatable bonds is 8. The van der Waals surface area contributed by atoms with Gasteiger partial charge in [-0.05, 0) is 36.8 Å². The summed E-state index contributed by atoms with van der Waals surface area (Å²) >= 11 is 1.77. The molecule has 0 aliphatic heterocycles. The molecule has 3 rings (SSSR count). The van der Waals surface area contributed by atoms with Gasteiger partial charge in [0, 0.05) is 50.2 Å². The lowest BCUT2D eigenvalue weighted by atomic mass is 10.3. The van der Waals surface area contributed by atoms with Gasteiger partial charge in [0.25, 0.3) is 0 Å². The van der Waals surface area contributed by atoms with Crippen LogP contribution in [-0.2, 0) is 19.3 Å². The third-order valence-corrected chi connectivity index (χ3v) is 5.42. The third kappa shape index (κ3) is 7.07. The maximum Gasteiger partial charge on any atom is 0.191 e. The van der Waals surface area contributed by atoms with Gasteiger partial charge in [0.1, 0.15) is 5.82 Å². The van der Waals surface area contributed by atoms with E-state index in [1.165, 1.54) is 17.0 Å². The number of nitrogens with zero attached hydrogens (tertiary/aromatic N) is 4. The highest BCUT2D eigenvalue weighted by Crippen LogP contribution is 2.13. The van der Waals surface area contributed by atoms with E-state index in [2.05, 4.69) is 32.6 Å². The number of hydrogen-bond acceptors (Lipinski definition) is 4. The Labute approximate surface area is 191 Å². The van der Waals surface area contributed by atoms with Crippen molar-refractivity contribution in [1.82, 2.24) is 25.4 Å². The van der Waals surface area contributed by atoms with Gasteiger partial charge in [-0.25, -0.2) is 14.1 Å². The molecule has 0 radical (unpaired) electrons. The molecule has 0 atom stereocenters. The summed E-state index contributed by atoms with van der Waals surface area (Å²) in [5.41, 5.74) is 1.80. The average Bonchev–Trinajstić information content (AvgIpc) is 3.37. The molecule has 0 saturated carbocycles. The van der Waals surface area contributed by atoms with E-state index in [-0.39, 0.29) is 29.8 Å². The van der Waals surface area contributed by atoms with Gasteiger partial charge in [0.05, 0.1) is 16.4 Å². The van der Waals surface area contributed by atoms with Crippen LogP contribution in [0.15, 0.2) is 47.7 Å². The lowest BCUT2D eigenvalue weighted by Gasteiger charge is -2.10. The summed E-state index contributed by atoms with van der Waals surface area (Å²) < 4.78 is 14.8. The van der Waals surface area contributed by atoms with Crippen LogP contribution in [0.2, 0.25) is 0 Å². The van der Waals surface area contributed by atoms with Crippen LogP contribution in [0.3, 0.4) is 0 Å². The fourth-order valence-electron chi connectivity index (χ4n) is 2.68. The number of aromatic nitrogens is 3. The van der Waals surface area contributed by atoms with Crippen LogP contribution < -0.4 is 10.6 Å². The molecule has 0 aliphatic rings. The maximum absolute atomic E-state index is 13.0. The molecule has 0 saturated heterocycles. The molecule has 1 aromatic carbocycles. The number of benzene rings is 1. The molecule has 2 heterocycles. The lowest BCUT2D eigenvalue weighted by Crippen LogP contribution is -2.39. The zero-order chi connectivity index (χ0) is 19.8. The van der Waals surface area contributed by atoms with Gasteiger partial charge in [0.15, 0.2) is 5.96 Å². The van der Waals surface area contributed by atoms with Gasteiger partial charge in [-0.3, -0.25) is 4.99 Å². The molecule has 0 amide bonds. The fourth-order valence-corrected chi connectivity index (χ4v) is 3.54. The monoisotopic (exact) mass is 528 g/mol. The quantitative estimate of drug-likeness (QED) is 0.267. The molecule has 0 aliphatic carbocycles. The highest BCUT2D eigenvalue weighted by Gasteiger charge is 2.04. The van der Waals surface area contributed by atoms with E-state index in [0.717, 1.165) is 54.7 Å². The number of guanidine groups is 1. The van der Waals surface area contributed by atoms with Crippen molar-refractivity contribution >= 4 is 41.3 Å². The number of hydrogen-bond donors (Lipinski definition) is 2. The predicted octanol–water partition coefficient (Wildman–Crippen LogP) is 3.60. The van der Waals surface area contributed by atoms with E-state index in [9.17, 15) is 4.39 Å². The van der Waals surface area contributed by atoms with Crippen molar-refractivity contribution in [2.45, 2.75) is 26.2 Å². The molecular formula is C20H26FIN6S. The Hall–Kier alpha value is -2.01. The summed E-state index contributed by atoms with van der Waals surface area (Å²) in [6, 6.07) is 8.25. The van der Waals surface area contributed by atoms with E-state index in [4.69, 9.17) is 0 Å². The number of aliphatic imine (C=N–C) groups is 1. The first-order chi connectivity index (χ1) is 13.7. The normalized spacial score (nSPS) is 11.2. The molecule has 3 aromatic rings. The van der Waals surface area contributed by atoms with Gasteiger partial charge >= 0.3 is 0 Å². The number of aryl methyl sites for hydroxylation is 1. The Balaban J connectivity index is 0.00000300. The molecule has 0 fully saturated rings. The first-order valence-corrected chi connectivity index (χ1v) is 10.2. The van der Waals surface area contributed by atoms with Gasteiger partial charge < -0.3 is 10.6 Å². The van der Waals surface area contributed by atoms with Gasteiger partial charge in [-0.15, -0.1) is 35.3 Å². The van der Waals surface area contributed by atoms with Crippen LogP contribution in [0.25, 0.3) is 5.69 Å². The lowest BCUT2D eigenvalue weighted by molar-refractivity contribution is 0.627. The molecule has 29 heavy (non-hydrogen) atoms. The van der Waals surface area contributed by atoms with Crippen molar-refractivity contribution in [3.63, 3.8) is 0 Å². The van der Waals surface area contributed by atoms with Crippen molar-refractivity contribution in [2.24, 2.45) is 4.99 Å². The summed E-state index contributed by atoms with van der Waals surface area (Å²) in [6.45, 7) is 3.65. The van der Waals surface area contributed by atoms with Crippen LogP contribution in [-0.4, -0.2) is 40.9 Å². The second-order valence-electron chi connectivity index (χ2n) is 6.23. The molecule has 6 nitrogen and oxygen atoms in total.